The average Bonchev–Trinajstić information content (AvgIpc) is 2.64. The Bertz CT molecular complexity index is 1240. The van der Waals surface area contributed by atoms with Gasteiger partial charge in [0.15, 0.2) is 5.78 Å². The maximum absolute atomic E-state index is 12.6. The van der Waals surface area contributed by atoms with Crippen LogP contribution in [-0.2, 0) is 0 Å². The molecule has 25 heavy (non-hydrogen) atoms. The van der Waals surface area contributed by atoms with Crippen LogP contribution in [-0.4, -0.2) is 16.0 Å². The normalized spacial score (nSPS) is 17.7. The molecule has 0 aromatic heterocycles. The van der Waals surface area contributed by atoms with Gasteiger partial charge < -0.3 is 10.2 Å². The average molecular weight is 328 g/mol. The summed E-state index contributed by atoms with van der Waals surface area (Å²) in [5, 5.41) is 23.8. The maximum atomic E-state index is 12.6. The number of fused-ring (bicyclic) bond motifs is 5. The predicted molar refractivity (Wildman–Crippen MR) is 91.2 cm³/mol. The summed E-state index contributed by atoms with van der Waals surface area (Å²) in [6, 6.07) is 13.7. The minimum atomic E-state index is -0.613. The van der Waals surface area contributed by atoms with E-state index in [0.717, 1.165) is 0 Å². The van der Waals surface area contributed by atoms with E-state index in [-0.39, 0.29) is 22.8 Å². The molecule has 3 aromatic carbocycles. The molecule has 2 aliphatic rings. The van der Waals surface area contributed by atoms with E-state index in [4.69, 9.17) is 0 Å². The summed E-state index contributed by atoms with van der Waals surface area (Å²) >= 11 is 0. The van der Waals surface area contributed by atoms with E-state index in [1.165, 1.54) is 6.08 Å². The Labute approximate surface area is 141 Å². The van der Waals surface area contributed by atoms with E-state index >= 15 is 0 Å². The summed E-state index contributed by atoms with van der Waals surface area (Å²) in [7, 11) is 0. The van der Waals surface area contributed by atoms with E-state index in [9.17, 15) is 15.0 Å². The number of hydrogen-bond donors (Lipinski definition) is 2. The van der Waals surface area contributed by atoms with E-state index in [2.05, 4.69) is 9.98 Å². The number of nitrogens with zero attached hydrogens (tertiary/aromatic N) is 2. The van der Waals surface area contributed by atoms with Crippen LogP contribution >= 0.6 is 0 Å². The fourth-order valence-electron chi connectivity index (χ4n) is 3.54. The van der Waals surface area contributed by atoms with Crippen LogP contribution in [0.5, 0.6) is 11.5 Å². The topological polar surface area (TPSA) is 82.2 Å². The van der Waals surface area contributed by atoms with Gasteiger partial charge in [-0.2, -0.15) is 0 Å². The SMILES string of the molecule is O=C1C=C2N=c3ccccc3=NC2c2c1c(O)c1ccccc1c2O. The van der Waals surface area contributed by atoms with Gasteiger partial charge in [-0.3, -0.25) is 9.79 Å². The van der Waals surface area contributed by atoms with Crippen molar-refractivity contribution in [3.05, 3.63) is 82.1 Å². The van der Waals surface area contributed by atoms with E-state index in [1.807, 2.05) is 24.3 Å². The van der Waals surface area contributed by atoms with Crippen molar-refractivity contribution in [1.29, 1.82) is 0 Å². The van der Waals surface area contributed by atoms with Crippen molar-refractivity contribution in [2.75, 3.05) is 0 Å². The lowest BCUT2D eigenvalue weighted by molar-refractivity contribution is 0.103. The van der Waals surface area contributed by atoms with E-state index in [1.54, 1.807) is 24.3 Å². The highest BCUT2D eigenvalue weighted by molar-refractivity contribution is 6.14. The molecule has 0 fully saturated rings. The van der Waals surface area contributed by atoms with Crippen molar-refractivity contribution < 1.29 is 15.0 Å². The molecule has 5 nitrogen and oxygen atoms in total. The maximum Gasteiger partial charge on any atom is 0.192 e. The predicted octanol–water partition coefficient (Wildman–Crippen LogP) is 2.33. The lowest BCUT2D eigenvalue weighted by Crippen LogP contribution is -2.31. The zero-order chi connectivity index (χ0) is 17.1. The van der Waals surface area contributed by atoms with Gasteiger partial charge in [-0.25, -0.2) is 4.99 Å². The summed E-state index contributed by atoms with van der Waals surface area (Å²) in [6.07, 6.45) is 1.39. The molecule has 3 aromatic rings. The molecule has 1 unspecified atom stereocenters. The second-order valence-corrected chi connectivity index (χ2v) is 6.10. The van der Waals surface area contributed by atoms with Gasteiger partial charge in [0.05, 0.1) is 22.0 Å². The Morgan fingerprint density at radius 2 is 1.48 bits per heavy atom. The largest absolute Gasteiger partial charge is 0.507 e. The molecule has 0 spiro atoms. The molecule has 5 rings (SSSR count). The minimum Gasteiger partial charge on any atom is -0.507 e. The zero-order valence-corrected chi connectivity index (χ0v) is 13.0. The summed E-state index contributed by atoms with van der Waals surface area (Å²) in [5.74, 6) is -0.540. The van der Waals surface area contributed by atoms with Crippen molar-refractivity contribution in [2.45, 2.75) is 6.04 Å². The summed E-state index contributed by atoms with van der Waals surface area (Å²) in [6.45, 7) is 0. The van der Waals surface area contributed by atoms with Crippen molar-refractivity contribution >= 4 is 16.6 Å². The Morgan fingerprint density at radius 3 is 2.24 bits per heavy atom. The van der Waals surface area contributed by atoms with Crippen LogP contribution in [0.15, 0.2) is 70.3 Å². The lowest BCUT2D eigenvalue weighted by Gasteiger charge is -2.25. The summed E-state index contributed by atoms with van der Waals surface area (Å²) < 4.78 is 0. The van der Waals surface area contributed by atoms with Crippen LogP contribution in [0.1, 0.15) is 22.0 Å². The Balaban J connectivity index is 1.92. The second kappa shape index (κ2) is 4.77. The molecular formula is C20H12N2O3. The first-order valence-corrected chi connectivity index (χ1v) is 7.89. The third-order valence-electron chi connectivity index (χ3n) is 4.68. The minimum absolute atomic E-state index is 0.0364. The molecule has 120 valence electrons. The molecule has 0 radical (unpaired) electrons. The molecule has 0 amide bonds. The number of benzene rings is 3. The zero-order valence-electron chi connectivity index (χ0n) is 13.0. The van der Waals surface area contributed by atoms with Crippen LogP contribution in [0.3, 0.4) is 0 Å². The molecule has 1 aliphatic carbocycles. The second-order valence-electron chi connectivity index (χ2n) is 6.10. The standard InChI is InChI=1S/C20H12N2O3/c23-15-9-14-18(22-13-8-4-3-7-12(13)21-14)17-16(15)19(24)10-5-1-2-6-11(10)20(17)25/h1-9,18,24-25H. The van der Waals surface area contributed by atoms with E-state index < -0.39 is 6.04 Å². The van der Waals surface area contributed by atoms with Crippen LogP contribution in [0.4, 0.5) is 0 Å². The molecule has 1 atom stereocenters. The summed E-state index contributed by atoms with van der Waals surface area (Å²) in [5.41, 5.74) is 0.890. The van der Waals surface area contributed by atoms with Crippen LogP contribution in [0, 0.1) is 0 Å². The van der Waals surface area contributed by atoms with Crippen molar-refractivity contribution in [1.82, 2.24) is 0 Å². The highest BCUT2D eigenvalue weighted by Gasteiger charge is 2.35. The number of ketones is 1. The fraction of sp³-hybridized carbons (Fsp3) is 0.0500. The van der Waals surface area contributed by atoms with Crippen LogP contribution in [0.25, 0.3) is 10.8 Å². The first kappa shape index (κ1) is 13.9. The Morgan fingerprint density at radius 1 is 0.840 bits per heavy atom. The molecule has 5 heteroatoms. The number of rotatable bonds is 0. The van der Waals surface area contributed by atoms with Gasteiger partial charge in [-0.1, -0.05) is 36.4 Å². The number of carbonyl (C=O) groups is 1. The first-order chi connectivity index (χ1) is 12.1. The van der Waals surface area contributed by atoms with Gasteiger partial charge in [0, 0.05) is 22.4 Å². The van der Waals surface area contributed by atoms with Gasteiger partial charge in [0.25, 0.3) is 0 Å². The lowest BCUT2D eigenvalue weighted by atomic mass is 9.85. The molecular weight excluding hydrogens is 316 g/mol. The molecule has 1 aliphatic heterocycles. The van der Waals surface area contributed by atoms with Gasteiger partial charge in [0.2, 0.25) is 0 Å². The smallest absolute Gasteiger partial charge is 0.192 e. The highest BCUT2D eigenvalue weighted by atomic mass is 16.3. The van der Waals surface area contributed by atoms with Gasteiger partial charge >= 0.3 is 0 Å². The third kappa shape index (κ3) is 1.80. The molecule has 0 saturated carbocycles. The Kier molecular flexibility index (Phi) is 2.65. The number of aromatic hydroxyl groups is 2. The first-order valence-electron chi connectivity index (χ1n) is 7.89. The third-order valence-corrected chi connectivity index (χ3v) is 4.68. The van der Waals surface area contributed by atoms with Gasteiger partial charge in [-0.15, -0.1) is 0 Å². The molecule has 0 bridgehead atoms. The number of hydrogen-bond acceptors (Lipinski definition) is 5. The fourth-order valence-corrected chi connectivity index (χ4v) is 3.54. The number of phenols is 2. The molecule has 0 saturated heterocycles. The quantitative estimate of drug-likeness (QED) is 0.621. The number of para-hydroxylation sites is 2. The highest BCUT2D eigenvalue weighted by Crippen LogP contribution is 2.47. The number of carbonyl (C=O) groups excluding carboxylic acids is 1. The number of allylic oxidation sites excluding steroid dienone is 1. The molecule has 1 heterocycles. The summed E-state index contributed by atoms with van der Waals surface area (Å²) in [4.78, 5) is 21.8. The monoisotopic (exact) mass is 328 g/mol. The van der Waals surface area contributed by atoms with Gasteiger partial charge in [-0.05, 0) is 12.1 Å². The Hall–Kier alpha value is -3.47. The van der Waals surface area contributed by atoms with Crippen LogP contribution < -0.4 is 10.7 Å². The van der Waals surface area contributed by atoms with Crippen molar-refractivity contribution in [2.24, 2.45) is 9.98 Å². The molecule has 2 N–H and O–H groups in total. The van der Waals surface area contributed by atoms with E-state index in [0.29, 0.717) is 32.7 Å². The van der Waals surface area contributed by atoms with Gasteiger partial charge in [0.1, 0.15) is 17.5 Å². The van der Waals surface area contributed by atoms with Crippen LogP contribution in [0.2, 0.25) is 0 Å². The number of phenolic OH excluding ortho intramolecular Hbond substituents is 2. The van der Waals surface area contributed by atoms with Crippen molar-refractivity contribution in [3.8, 4) is 11.5 Å². The van der Waals surface area contributed by atoms with Crippen molar-refractivity contribution in [3.63, 3.8) is 0 Å².